The van der Waals surface area contributed by atoms with Crippen LogP contribution in [0.25, 0.3) is 5.52 Å². The van der Waals surface area contributed by atoms with Gasteiger partial charge >= 0.3 is 0 Å². The molecule has 0 bridgehead atoms. The zero-order chi connectivity index (χ0) is 17.8. The molecule has 2 heterocycles. The van der Waals surface area contributed by atoms with Gasteiger partial charge in [-0.05, 0) is 30.3 Å². The predicted molar refractivity (Wildman–Crippen MR) is 92.1 cm³/mol. The fourth-order valence-electron chi connectivity index (χ4n) is 2.37. The van der Waals surface area contributed by atoms with Crippen molar-refractivity contribution < 1.29 is 14.0 Å². The fourth-order valence-corrected chi connectivity index (χ4v) is 2.37. The summed E-state index contributed by atoms with van der Waals surface area (Å²) in [4.78, 5) is 28.9. The molecule has 1 aromatic carbocycles. The quantitative estimate of drug-likeness (QED) is 0.702. The second-order valence-electron chi connectivity index (χ2n) is 5.20. The second-order valence-corrected chi connectivity index (χ2v) is 5.20. The molecule has 0 aliphatic rings. The normalized spacial score (nSPS) is 10.4. The van der Waals surface area contributed by atoms with E-state index in [1.165, 1.54) is 22.6 Å². The Labute approximate surface area is 143 Å². The lowest BCUT2D eigenvalue weighted by molar-refractivity contribution is 0.0955. The van der Waals surface area contributed by atoms with E-state index in [4.69, 9.17) is 0 Å². The first-order valence-corrected chi connectivity index (χ1v) is 7.53. The zero-order valence-corrected chi connectivity index (χ0v) is 13.2. The van der Waals surface area contributed by atoms with Crippen molar-refractivity contribution in [3.63, 3.8) is 0 Å². The highest BCUT2D eigenvalue weighted by Gasteiger charge is 2.21. The number of amides is 2. The molecule has 7 heteroatoms. The second kappa shape index (κ2) is 6.96. The summed E-state index contributed by atoms with van der Waals surface area (Å²) in [5.41, 5.74) is 0.927. The number of nitrogens with zero attached hydrogens (tertiary/aromatic N) is 2. The molecule has 0 aliphatic heterocycles. The molecule has 0 saturated carbocycles. The predicted octanol–water partition coefficient (Wildman–Crippen LogP) is 2.64. The topological polar surface area (TPSA) is 75.5 Å². The van der Waals surface area contributed by atoms with E-state index in [9.17, 15) is 14.0 Å². The van der Waals surface area contributed by atoms with E-state index in [0.717, 1.165) is 0 Å². The van der Waals surface area contributed by atoms with Crippen LogP contribution in [0.3, 0.4) is 0 Å². The van der Waals surface area contributed by atoms with Crippen molar-refractivity contribution in [3.05, 3.63) is 78.7 Å². The summed E-state index contributed by atoms with van der Waals surface area (Å²) in [6.07, 6.45) is 3.18. The Kier molecular flexibility index (Phi) is 4.56. The van der Waals surface area contributed by atoms with Gasteiger partial charge in [-0.2, -0.15) is 0 Å². The van der Waals surface area contributed by atoms with E-state index in [0.29, 0.717) is 11.2 Å². The minimum Gasteiger partial charge on any atom is -0.347 e. The van der Waals surface area contributed by atoms with Crippen LogP contribution >= 0.6 is 0 Å². The van der Waals surface area contributed by atoms with Gasteiger partial charge < -0.3 is 10.6 Å². The highest BCUT2D eigenvalue weighted by molar-refractivity contribution is 6.06. The largest absolute Gasteiger partial charge is 0.347 e. The molecular formula is C18H15FN4O2. The third kappa shape index (κ3) is 3.40. The van der Waals surface area contributed by atoms with Crippen molar-refractivity contribution in [2.45, 2.75) is 0 Å². The van der Waals surface area contributed by atoms with Crippen LogP contribution in [0, 0.1) is 5.82 Å². The van der Waals surface area contributed by atoms with Gasteiger partial charge in [-0.1, -0.05) is 18.2 Å². The molecule has 0 unspecified atom stereocenters. The molecule has 0 spiro atoms. The number of benzene rings is 1. The zero-order valence-electron chi connectivity index (χ0n) is 13.2. The van der Waals surface area contributed by atoms with Crippen LogP contribution in [0.4, 0.5) is 10.1 Å². The molecule has 0 aliphatic carbocycles. The van der Waals surface area contributed by atoms with Crippen molar-refractivity contribution in [2.75, 3.05) is 11.9 Å². The summed E-state index contributed by atoms with van der Waals surface area (Å²) in [7, 11) is 0. The summed E-state index contributed by atoms with van der Waals surface area (Å²) < 4.78 is 14.8. The maximum atomic E-state index is 13.3. The standard InChI is InChI=1S/C18H15FN4O2/c1-2-9-20-17(24)15-14-8-3-4-10-23(14)16(22-15)18(25)21-13-7-5-6-12(19)11-13/h2-8,10-11H,1,9H2,(H,20,24)(H,21,25). The molecule has 0 fully saturated rings. The first-order chi connectivity index (χ1) is 12.1. The lowest BCUT2D eigenvalue weighted by Gasteiger charge is -2.04. The minimum atomic E-state index is -0.547. The Balaban J connectivity index is 1.97. The number of nitrogens with one attached hydrogen (secondary N) is 2. The number of carbonyl (C=O) groups excluding carboxylic acids is 2. The number of hydrogen-bond acceptors (Lipinski definition) is 3. The van der Waals surface area contributed by atoms with Crippen LogP contribution in [0.15, 0.2) is 61.3 Å². The van der Waals surface area contributed by atoms with E-state index >= 15 is 0 Å². The Morgan fingerprint density at radius 3 is 2.80 bits per heavy atom. The van der Waals surface area contributed by atoms with Crippen LogP contribution in [-0.4, -0.2) is 27.7 Å². The highest BCUT2D eigenvalue weighted by Crippen LogP contribution is 2.16. The molecule has 2 aromatic heterocycles. The number of imidazole rings is 1. The van der Waals surface area contributed by atoms with Gasteiger partial charge in [-0.15, -0.1) is 6.58 Å². The number of anilines is 1. The maximum Gasteiger partial charge on any atom is 0.292 e. The van der Waals surface area contributed by atoms with E-state index < -0.39 is 17.6 Å². The average Bonchev–Trinajstić information content (AvgIpc) is 2.99. The summed E-state index contributed by atoms with van der Waals surface area (Å²) in [6.45, 7) is 3.83. The van der Waals surface area contributed by atoms with Crippen LogP contribution < -0.4 is 10.6 Å². The van der Waals surface area contributed by atoms with Crippen LogP contribution in [0.5, 0.6) is 0 Å². The number of carbonyl (C=O) groups is 2. The molecule has 0 saturated heterocycles. The SMILES string of the molecule is C=CCNC(=O)c1nc(C(=O)Nc2cccc(F)c2)n2ccccc12. The Hall–Kier alpha value is -3.48. The Morgan fingerprint density at radius 2 is 2.04 bits per heavy atom. The van der Waals surface area contributed by atoms with E-state index in [1.807, 2.05) is 0 Å². The molecule has 0 atom stereocenters. The van der Waals surface area contributed by atoms with Gasteiger partial charge in [0, 0.05) is 18.4 Å². The molecule has 6 nitrogen and oxygen atoms in total. The summed E-state index contributed by atoms with van der Waals surface area (Å²) in [6, 6.07) is 10.7. The smallest absolute Gasteiger partial charge is 0.292 e. The number of halogens is 1. The maximum absolute atomic E-state index is 13.3. The summed E-state index contributed by atoms with van der Waals surface area (Å²) in [5, 5.41) is 5.21. The lowest BCUT2D eigenvalue weighted by atomic mass is 10.3. The van der Waals surface area contributed by atoms with E-state index in [-0.39, 0.29) is 18.1 Å². The van der Waals surface area contributed by atoms with Gasteiger partial charge in [0.1, 0.15) is 5.82 Å². The number of aromatic nitrogens is 2. The first-order valence-electron chi connectivity index (χ1n) is 7.53. The first kappa shape index (κ1) is 16.4. The average molecular weight is 338 g/mol. The van der Waals surface area contributed by atoms with Crippen molar-refractivity contribution in [1.82, 2.24) is 14.7 Å². The van der Waals surface area contributed by atoms with Crippen molar-refractivity contribution in [3.8, 4) is 0 Å². The van der Waals surface area contributed by atoms with Gasteiger partial charge in [0.2, 0.25) is 5.82 Å². The van der Waals surface area contributed by atoms with Crippen LogP contribution in [0.1, 0.15) is 21.1 Å². The number of rotatable bonds is 5. The van der Waals surface area contributed by atoms with E-state index in [1.54, 1.807) is 36.5 Å². The lowest BCUT2D eigenvalue weighted by Crippen LogP contribution is -2.24. The number of hydrogen-bond donors (Lipinski definition) is 2. The van der Waals surface area contributed by atoms with Crippen LogP contribution in [0.2, 0.25) is 0 Å². The van der Waals surface area contributed by atoms with Gasteiger partial charge in [0.05, 0.1) is 5.52 Å². The van der Waals surface area contributed by atoms with Crippen molar-refractivity contribution >= 4 is 23.0 Å². The van der Waals surface area contributed by atoms with Gasteiger partial charge in [0.25, 0.3) is 11.8 Å². The van der Waals surface area contributed by atoms with E-state index in [2.05, 4.69) is 22.2 Å². The molecule has 126 valence electrons. The molecule has 2 amide bonds. The third-order valence-corrected chi connectivity index (χ3v) is 3.46. The van der Waals surface area contributed by atoms with Gasteiger partial charge in [-0.25, -0.2) is 9.37 Å². The molecular weight excluding hydrogens is 323 g/mol. The monoisotopic (exact) mass is 338 g/mol. The Morgan fingerprint density at radius 1 is 1.20 bits per heavy atom. The van der Waals surface area contributed by atoms with Gasteiger partial charge in [0.15, 0.2) is 5.69 Å². The molecule has 0 radical (unpaired) electrons. The highest BCUT2D eigenvalue weighted by atomic mass is 19.1. The fraction of sp³-hybridized carbons (Fsp3) is 0.0556. The third-order valence-electron chi connectivity index (χ3n) is 3.46. The number of pyridine rings is 1. The van der Waals surface area contributed by atoms with Crippen molar-refractivity contribution in [2.24, 2.45) is 0 Å². The molecule has 2 N–H and O–H groups in total. The van der Waals surface area contributed by atoms with Gasteiger partial charge in [-0.3, -0.25) is 14.0 Å². The molecule has 3 rings (SSSR count). The van der Waals surface area contributed by atoms with Crippen molar-refractivity contribution in [1.29, 1.82) is 0 Å². The molecule has 3 aromatic rings. The summed E-state index contributed by atoms with van der Waals surface area (Å²) >= 11 is 0. The Bertz CT molecular complexity index is 965. The molecule has 25 heavy (non-hydrogen) atoms. The minimum absolute atomic E-state index is 0.0311. The number of fused-ring (bicyclic) bond motifs is 1. The van der Waals surface area contributed by atoms with Crippen LogP contribution in [-0.2, 0) is 0 Å². The summed E-state index contributed by atoms with van der Waals surface area (Å²) in [5.74, 6) is -1.39.